The Kier molecular flexibility index (Phi) is 15.9. The average Bonchev–Trinajstić information content (AvgIpc) is 4.01. The summed E-state index contributed by atoms with van der Waals surface area (Å²) in [6.45, 7) is 3.76. The van der Waals surface area contributed by atoms with Gasteiger partial charge in [-0.1, -0.05) is 23.5 Å². The van der Waals surface area contributed by atoms with Gasteiger partial charge in [0, 0.05) is 16.3 Å². The monoisotopic (exact) mass is 1170 g/mol. The van der Waals surface area contributed by atoms with Crippen molar-refractivity contribution in [2.45, 2.75) is 54.9 Å². The van der Waals surface area contributed by atoms with Gasteiger partial charge in [0.25, 0.3) is 46.4 Å². The summed E-state index contributed by atoms with van der Waals surface area (Å²) in [6.07, 6.45) is -0.155. The number of hydrogen-bond acceptors (Lipinski definition) is 22. The molecule has 0 unspecified atom stereocenters. The molecule has 3 aromatic heterocycles. The largest absolute Gasteiger partial charge is 0.493 e. The number of pyridine rings is 1. The molecular weight excluding hydrogens is 1130 g/mol. The number of aromatic hydroxyl groups is 1. The van der Waals surface area contributed by atoms with Gasteiger partial charge in [-0.25, -0.2) is 9.97 Å². The normalized spacial score (nSPS) is 13.0. The van der Waals surface area contributed by atoms with Crippen molar-refractivity contribution in [3.63, 3.8) is 0 Å². The van der Waals surface area contributed by atoms with Crippen molar-refractivity contribution in [1.29, 1.82) is 0 Å². The van der Waals surface area contributed by atoms with Gasteiger partial charge in [-0.15, -0.1) is 37.3 Å². The molecule has 26 nitrogen and oxygen atoms in total. The summed E-state index contributed by atoms with van der Waals surface area (Å²) in [7, 11) is -18.5. The van der Waals surface area contributed by atoms with Crippen molar-refractivity contribution >= 4 is 141 Å². The molecule has 0 radical (unpaired) electrons. The molecule has 8 aromatic rings. The van der Waals surface area contributed by atoms with Gasteiger partial charge < -0.3 is 20.7 Å². The molecule has 0 aliphatic carbocycles. The highest BCUT2D eigenvalue weighted by atomic mass is 32.2. The zero-order chi connectivity index (χ0) is 55.9. The van der Waals surface area contributed by atoms with Gasteiger partial charge in [-0.05, 0) is 116 Å². The molecule has 0 spiro atoms. The molecule has 0 atom stereocenters. The smallest absolute Gasteiger partial charge is 0.296 e. The van der Waals surface area contributed by atoms with E-state index in [0.29, 0.717) is 27.1 Å². The Hall–Kier alpha value is -6.98. The minimum Gasteiger partial charge on any atom is -0.493 e. The van der Waals surface area contributed by atoms with Crippen molar-refractivity contribution in [3.8, 4) is 11.6 Å². The number of amides is 1. The second-order valence-electron chi connectivity index (χ2n) is 16.9. The number of nitrogens with two attached hydrogens (primary N) is 1. The molecule has 0 aliphatic rings. The van der Waals surface area contributed by atoms with E-state index >= 15 is 0 Å². The second-order valence-corrected chi connectivity index (χ2v) is 25.0. The number of azo groups is 3. The van der Waals surface area contributed by atoms with Crippen LogP contribution < -0.4 is 10.5 Å². The lowest BCUT2D eigenvalue weighted by Crippen LogP contribution is -2.15. The Labute approximate surface area is 445 Å². The Morgan fingerprint density at radius 1 is 0.740 bits per heavy atom. The number of thiazole rings is 1. The van der Waals surface area contributed by atoms with E-state index in [0.717, 1.165) is 41.3 Å². The molecule has 32 heteroatoms. The van der Waals surface area contributed by atoms with Crippen LogP contribution in [0, 0.1) is 20.8 Å². The molecule has 5 aromatic carbocycles. The number of aryl methyl sites for hydroxylation is 2. The summed E-state index contributed by atoms with van der Waals surface area (Å²) >= 11 is 1.87. The van der Waals surface area contributed by atoms with Gasteiger partial charge in [-0.2, -0.15) is 38.8 Å². The molecule has 8 N–H and O–H groups in total. The van der Waals surface area contributed by atoms with E-state index in [1.165, 1.54) is 29.5 Å². The summed E-state index contributed by atoms with van der Waals surface area (Å²) in [6, 6.07) is 15.8. The van der Waals surface area contributed by atoms with E-state index in [9.17, 15) is 66.9 Å². The van der Waals surface area contributed by atoms with Crippen molar-refractivity contribution in [2.75, 3.05) is 23.9 Å². The number of fused-ring (bicyclic) bond motifs is 6. The number of nitrogens with zero attached hydrogens (tertiary/aromatic N) is 9. The van der Waals surface area contributed by atoms with Crippen LogP contribution in [0.2, 0.25) is 0 Å². The predicted octanol–water partition coefficient (Wildman–Crippen LogP) is 9.24. The average molecular weight is 1170 g/mol. The van der Waals surface area contributed by atoms with Gasteiger partial charge >= 0.3 is 0 Å². The summed E-state index contributed by atoms with van der Waals surface area (Å²) in [5, 5.41) is 47.7. The van der Waals surface area contributed by atoms with Crippen LogP contribution >= 0.6 is 23.1 Å². The highest BCUT2D eigenvalue weighted by molar-refractivity contribution is 7.99. The fourth-order valence-electron chi connectivity index (χ4n) is 7.88. The van der Waals surface area contributed by atoms with E-state index < -0.39 is 80.2 Å². The third kappa shape index (κ3) is 12.6. The van der Waals surface area contributed by atoms with E-state index in [1.54, 1.807) is 44.2 Å². The summed E-state index contributed by atoms with van der Waals surface area (Å²) in [4.78, 5) is 20.6. The third-order valence-corrected chi connectivity index (χ3v) is 16.9. The number of aromatic nitrogens is 3. The fourth-order valence-corrected chi connectivity index (χ4v) is 12.2. The molecular formula is C45H42N10O16S6. The number of carbonyl (C=O) groups is 1. The van der Waals surface area contributed by atoms with Gasteiger partial charge in [0.15, 0.2) is 5.65 Å². The first-order valence-electron chi connectivity index (χ1n) is 22.2. The molecule has 0 fully saturated rings. The number of thioether (sulfide) groups is 1. The Morgan fingerprint density at radius 2 is 1.38 bits per heavy atom. The first-order chi connectivity index (χ1) is 36.1. The van der Waals surface area contributed by atoms with Crippen LogP contribution in [0.15, 0.2) is 112 Å². The van der Waals surface area contributed by atoms with Crippen LogP contribution in [0.4, 0.5) is 33.6 Å². The Bertz CT molecular complexity index is 4320. The van der Waals surface area contributed by atoms with Crippen LogP contribution in [0.5, 0.6) is 11.6 Å². The van der Waals surface area contributed by atoms with E-state index in [2.05, 4.69) is 40.7 Å². The predicted molar refractivity (Wildman–Crippen MR) is 283 cm³/mol. The van der Waals surface area contributed by atoms with Gasteiger partial charge in [-0.3, -0.25) is 27.4 Å². The first-order valence-corrected chi connectivity index (χ1v) is 30.1. The lowest BCUT2D eigenvalue weighted by atomic mass is 10.0. The quantitative estimate of drug-likeness (QED) is 0.0162. The lowest BCUT2D eigenvalue weighted by molar-refractivity contribution is 0.100. The van der Waals surface area contributed by atoms with E-state index in [-0.39, 0.29) is 108 Å². The van der Waals surface area contributed by atoms with Crippen LogP contribution in [-0.4, -0.2) is 106 Å². The van der Waals surface area contributed by atoms with Crippen molar-refractivity contribution in [1.82, 2.24) is 14.4 Å². The number of para-hydroxylation sites is 2. The number of aliphatic hydroxyl groups is 1. The SMILES string of the molecule is Cc1cc(N=Nc2cc(OCCCS(=O)(=O)O)c(N=Nc3c(C)c(C(N)=O)c4nc5ccccc5n4c3O)cc2C)c(SCCCS(=O)(=O)O)cc1N=Nc1nc2c(S(=O)(=O)O)cc3c(CO)cc(S(=O)(=O)O)cc3c2s1. The fraction of sp³-hybridized carbons (Fsp3) is 0.222. The van der Waals surface area contributed by atoms with Gasteiger partial charge in [0.05, 0.1) is 68.0 Å². The molecule has 1 amide bonds. The standard InChI is InChI=1S/C45H42N10O16S6/c1-22-14-32(51-53-39-24(3)38(42(46)57)43-47-29-8-4-5-9-34(29)55(43)44(39)58)35(71-10-6-12-74(59,60)61)19-30(22)49-52-33-15-23(2)31(20-36(33)72-11-7-13-75(62,63)64)50-54-45-48-40-37(77(68,69)70)18-27-25(21-56)16-26(76(65,66)67)17-28(27)41(40)73-45/h4-5,8-9,14-20,56,58H,6-7,10-13,21H2,1-3H3,(H2,46,57)(H,59,60,61)(H,62,63,64)(H,65,66,67)(H,68,69,70). The Morgan fingerprint density at radius 3 is 2.04 bits per heavy atom. The second kappa shape index (κ2) is 21.8. The summed E-state index contributed by atoms with van der Waals surface area (Å²) in [5.74, 6) is -2.33. The van der Waals surface area contributed by atoms with Gasteiger partial charge in [0.2, 0.25) is 11.0 Å². The van der Waals surface area contributed by atoms with Gasteiger partial charge in [0.1, 0.15) is 27.5 Å². The molecule has 0 aliphatic heterocycles. The third-order valence-electron chi connectivity index (χ3n) is 11.5. The topological polar surface area (TPSA) is 415 Å². The van der Waals surface area contributed by atoms with E-state index in [4.69, 9.17) is 10.5 Å². The van der Waals surface area contributed by atoms with Crippen LogP contribution in [0.3, 0.4) is 0 Å². The molecule has 0 saturated carbocycles. The number of aliphatic hydroxyl groups excluding tert-OH is 1. The zero-order valence-electron chi connectivity index (χ0n) is 40.1. The van der Waals surface area contributed by atoms with Crippen LogP contribution in [-0.2, 0) is 47.1 Å². The maximum atomic E-state index is 12.8. The summed E-state index contributed by atoms with van der Waals surface area (Å²) in [5.41, 5.74) is 7.94. The number of carbonyl (C=O) groups excluding carboxylic acids is 1. The van der Waals surface area contributed by atoms with Crippen molar-refractivity contribution in [3.05, 3.63) is 94.5 Å². The summed E-state index contributed by atoms with van der Waals surface area (Å²) < 4.78 is 142. The number of hydrogen-bond donors (Lipinski definition) is 7. The molecule has 404 valence electrons. The first kappa shape index (κ1) is 56.2. The minimum absolute atomic E-state index is 0.000816. The maximum absolute atomic E-state index is 12.8. The molecule has 0 bridgehead atoms. The number of benzene rings is 5. The van der Waals surface area contributed by atoms with Crippen LogP contribution in [0.25, 0.3) is 37.7 Å². The molecule has 77 heavy (non-hydrogen) atoms. The van der Waals surface area contributed by atoms with E-state index in [1.807, 2.05) is 0 Å². The molecule has 8 rings (SSSR count). The van der Waals surface area contributed by atoms with Crippen molar-refractivity contribution in [2.24, 2.45) is 36.4 Å². The van der Waals surface area contributed by atoms with Crippen LogP contribution in [0.1, 0.15) is 45.5 Å². The number of primary amides is 1. The number of ether oxygens (including phenoxy) is 1. The maximum Gasteiger partial charge on any atom is 0.296 e. The zero-order valence-corrected chi connectivity index (χ0v) is 45.0. The minimum atomic E-state index is -4.97. The number of rotatable bonds is 20. The lowest BCUT2D eigenvalue weighted by Gasteiger charge is -2.13. The number of imidazole rings is 1. The Balaban J connectivity index is 1.18. The van der Waals surface area contributed by atoms with Crippen molar-refractivity contribution < 1.29 is 71.6 Å². The highest BCUT2D eigenvalue weighted by Crippen LogP contribution is 2.44. The highest BCUT2D eigenvalue weighted by Gasteiger charge is 2.26. The molecule has 0 saturated heterocycles. The molecule has 3 heterocycles.